The molecule has 54 valence electrons. The zero-order valence-electron chi connectivity index (χ0n) is 5.73. The molecule has 0 bridgehead atoms. The number of aryl methyl sites for hydroxylation is 2. The van der Waals surface area contributed by atoms with E-state index in [0.717, 1.165) is 5.02 Å². The summed E-state index contributed by atoms with van der Waals surface area (Å²) in [5.41, 5.74) is 2.90. The third-order valence-electron chi connectivity index (χ3n) is 1.83. The Kier molecular flexibility index (Phi) is 1.97. The molecule has 0 heterocycles. The third kappa shape index (κ3) is 1.02. The molecular weight excluding hydrogens is 146 g/mol. The van der Waals surface area contributed by atoms with Crippen LogP contribution >= 0.6 is 11.6 Å². The Morgan fingerprint density at radius 3 is 2.20 bits per heavy atom. The minimum Gasteiger partial charge on any atom is -0.344 e. The van der Waals surface area contributed by atoms with Gasteiger partial charge in [-0.05, 0) is 36.1 Å². The molecule has 2 rings (SSSR count). The normalized spacial score (nSPS) is 12.9. The van der Waals surface area contributed by atoms with Crippen molar-refractivity contribution in [3.63, 3.8) is 0 Å². The van der Waals surface area contributed by atoms with Gasteiger partial charge in [-0.15, -0.1) is 0 Å². The van der Waals surface area contributed by atoms with Crippen molar-refractivity contribution < 1.29 is 0 Å². The van der Waals surface area contributed by atoms with E-state index < -0.39 is 0 Å². The van der Waals surface area contributed by atoms with E-state index in [4.69, 9.17) is 11.6 Å². The number of rotatable bonds is 0. The molecule has 1 nitrogen and oxygen atoms in total. The zero-order valence-corrected chi connectivity index (χ0v) is 6.49. The molecule has 0 aliphatic heterocycles. The SMILES string of the molecule is Clc1ccc2c(c1)CC2.N. The number of halogens is 1. The second-order valence-electron chi connectivity index (χ2n) is 2.41. The molecule has 2 heteroatoms. The summed E-state index contributed by atoms with van der Waals surface area (Å²) in [6.45, 7) is 0. The first-order chi connectivity index (χ1) is 4.36. The predicted molar refractivity (Wildman–Crippen MR) is 43.9 cm³/mol. The standard InChI is InChI=1S/C8H7Cl.H3N/c9-8-4-3-6-1-2-7(6)5-8;/h3-5H,1-2H2;1H3. The average molecular weight is 156 g/mol. The molecule has 10 heavy (non-hydrogen) atoms. The number of fused-ring (bicyclic) bond motifs is 1. The summed E-state index contributed by atoms with van der Waals surface area (Å²) in [5.74, 6) is 0. The van der Waals surface area contributed by atoms with Crippen molar-refractivity contribution in [3.8, 4) is 0 Å². The van der Waals surface area contributed by atoms with Crippen molar-refractivity contribution >= 4 is 11.6 Å². The molecule has 0 spiro atoms. The summed E-state index contributed by atoms with van der Waals surface area (Å²) in [6.07, 6.45) is 2.46. The lowest BCUT2D eigenvalue weighted by Crippen LogP contribution is -2.06. The molecule has 0 atom stereocenters. The minimum absolute atomic E-state index is 0. The number of hydrogen-bond acceptors (Lipinski definition) is 1. The van der Waals surface area contributed by atoms with Crippen LogP contribution in [0.1, 0.15) is 11.1 Å². The van der Waals surface area contributed by atoms with Crippen molar-refractivity contribution in [1.82, 2.24) is 6.15 Å². The molecule has 0 amide bonds. The van der Waals surface area contributed by atoms with Gasteiger partial charge >= 0.3 is 0 Å². The maximum Gasteiger partial charge on any atom is 0.0408 e. The van der Waals surface area contributed by atoms with Crippen LogP contribution in [0.2, 0.25) is 5.02 Å². The van der Waals surface area contributed by atoms with E-state index >= 15 is 0 Å². The van der Waals surface area contributed by atoms with Crippen molar-refractivity contribution in [2.75, 3.05) is 0 Å². The largest absolute Gasteiger partial charge is 0.344 e. The Morgan fingerprint density at radius 1 is 1.10 bits per heavy atom. The van der Waals surface area contributed by atoms with Crippen LogP contribution in [-0.4, -0.2) is 0 Å². The van der Waals surface area contributed by atoms with E-state index in [1.807, 2.05) is 6.07 Å². The Balaban J connectivity index is 0.000000500. The van der Waals surface area contributed by atoms with E-state index in [9.17, 15) is 0 Å². The molecule has 3 N–H and O–H groups in total. The molecular formula is C8H10ClN. The van der Waals surface area contributed by atoms with E-state index in [0.29, 0.717) is 0 Å². The Morgan fingerprint density at radius 2 is 1.80 bits per heavy atom. The van der Waals surface area contributed by atoms with Gasteiger partial charge in [-0.1, -0.05) is 17.7 Å². The van der Waals surface area contributed by atoms with Gasteiger partial charge in [0.15, 0.2) is 0 Å². The van der Waals surface area contributed by atoms with Gasteiger partial charge in [0.1, 0.15) is 0 Å². The van der Waals surface area contributed by atoms with Gasteiger partial charge in [-0.25, -0.2) is 0 Å². The lowest BCUT2D eigenvalue weighted by Gasteiger charge is -2.17. The molecule has 0 fully saturated rings. The monoisotopic (exact) mass is 155 g/mol. The molecule has 0 unspecified atom stereocenters. The van der Waals surface area contributed by atoms with Gasteiger partial charge in [0.2, 0.25) is 0 Å². The summed E-state index contributed by atoms with van der Waals surface area (Å²) in [4.78, 5) is 0. The van der Waals surface area contributed by atoms with Crippen molar-refractivity contribution in [1.29, 1.82) is 0 Å². The van der Waals surface area contributed by atoms with E-state index in [-0.39, 0.29) is 6.15 Å². The Labute approximate surface area is 65.6 Å². The first-order valence-electron chi connectivity index (χ1n) is 3.13. The van der Waals surface area contributed by atoms with Gasteiger partial charge in [0.05, 0.1) is 0 Å². The van der Waals surface area contributed by atoms with Gasteiger partial charge < -0.3 is 6.15 Å². The zero-order chi connectivity index (χ0) is 6.27. The van der Waals surface area contributed by atoms with Crippen LogP contribution in [-0.2, 0) is 12.8 Å². The number of benzene rings is 1. The summed E-state index contributed by atoms with van der Waals surface area (Å²) in [7, 11) is 0. The Bertz CT molecular complexity index is 245. The Hall–Kier alpha value is -0.530. The highest BCUT2D eigenvalue weighted by Gasteiger charge is 2.11. The molecule has 0 radical (unpaired) electrons. The minimum atomic E-state index is 0. The maximum absolute atomic E-state index is 5.75. The van der Waals surface area contributed by atoms with Crippen molar-refractivity contribution in [2.45, 2.75) is 12.8 Å². The molecule has 0 saturated carbocycles. The summed E-state index contributed by atoms with van der Waals surface area (Å²) in [6, 6.07) is 6.13. The fourth-order valence-electron chi connectivity index (χ4n) is 1.16. The smallest absolute Gasteiger partial charge is 0.0408 e. The molecule has 1 aromatic carbocycles. The van der Waals surface area contributed by atoms with Crippen LogP contribution in [0.4, 0.5) is 0 Å². The molecule has 1 aliphatic rings. The first kappa shape index (κ1) is 7.58. The molecule has 1 aromatic rings. The van der Waals surface area contributed by atoms with Crippen LogP contribution in [0.3, 0.4) is 0 Å². The van der Waals surface area contributed by atoms with Crippen LogP contribution in [0, 0.1) is 0 Å². The lowest BCUT2D eigenvalue weighted by molar-refractivity contribution is 0.840. The highest BCUT2D eigenvalue weighted by molar-refractivity contribution is 6.30. The lowest BCUT2D eigenvalue weighted by atomic mass is 9.89. The van der Waals surface area contributed by atoms with Crippen LogP contribution in [0.25, 0.3) is 0 Å². The number of hydrogen-bond donors (Lipinski definition) is 1. The highest BCUT2D eigenvalue weighted by Crippen LogP contribution is 2.25. The topological polar surface area (TPSA) is 35.0 Å². The second-order valence-corrected chi connectivity index (χ2v) is 2.85. The average Bonchev–Trinajstić information content (AvgIpc) is 1.78. The second kappa shape index (κ2) is 2.60. The van der Waals surface area contributed by atoms with E-state index in [1.165, 1.54) is 24.0 Å². The predicted octanol–water partition coefficient (Wildman–Crippen LogP) is 2.60. The van der Waals surface area contributed by atoms with E-state index in [1.54, 1.807) is 0 Å². The van der Waals surface area contributed by atoms with Crippen molar-refractivity contribution in [3.05, 3.63) is 34.3 Å². The summed E-state index contributed by atoms with van der Waals surface area (Å²) < 4.78 is 0. The van der Waals surface area contributed by atoms with Crippen LogP contribution in [0.15, 0.2) is 18.2 Å². The van der Waals surface area contributed by atoms with Crippen LogP contribution < -0.4 is 6.15 Å². The van der Waals surface area contributed by atoms with Crippen LogP contribution in [0.5, 0.6) is 0 Å². The van der Waals surface area contributed by atoms with Crippen molar-refractivity contribution in [2.24, 2.45) is 0 Å². The third-order valence-corrected chi connectivity index (χ3v) is 2.07. The molecule has 1 aliphatic carbocycles. The van der Waals surface area contributed by atoms with Gasteiger partial charge in [-0.3, -0.25) is 0 Å². The summed E-state index contributed by atoms with van der Waals surface area (Å²) in [5, 5.41) is 0.869. The molecule has 0 saturated heterocycles. The van der Waals surface area contributed by atoms with Gasteiger partial charge in [0, 0.05) is 5.02 Å². The molecule has 0 aromatic heterocycles. The fourth-order valence-corrected chi connectivity index (χ4v) is 1.36. The quantitative estimate of drug-likeness (QED) is 0.614. The highest BCUT2D eigenvalue weighted by atomic mass is 35.5. The van der Waals surface area contributed by atoms with Gasteiger partial charge in [0.25, 0.3) is 0 Å². The summed E-state index contributed by atoms with van der Waals surface area (Å²) >= 11 is 5.75. The first-order valence-corrected chi connectivity index (χ1v) is 3.51. The van der Waals surface area contributed by atoms with E-state index in [2.05, 4.69) is 12.1 Å². The fraction of sp³-hybridized carbons (Fsp3) is 0.250. The van der Waals surface area contributed by atoms with Gasteiger partial charge in [-0.2, -0.15) is 0 Å². The maximum atomic E-state index is 5.75.